The van der Waals surface area contributed by atoms with Crippen LogP contribution in [0.15, 0.2) is 36.5 Å². The summed E-state index contributed by atoms with van der Waals surface area (Å²) >= 11 is 0. The molecule has 3 fully saturated rings. The maximum atomic E-state index is 4.39. The zero-order chi connectivity index (χ0) is 16.8. The summed E-state index contributed by atoms with van der Waals surface area (Å²) in [6, 6.07) is 11.6. The van der Waals surface area contributed by atoms with Crippen LogP contribution in [0, 0.1) is 12.8 Å². The van der Waals surface area contributed by atoms with E-state index in [0.29, 0.717) is 12.0 Å². The molecule has 0 aliphatic carbocycles. The van der Waals surface area contributed by atoms with Gasteiger partial charge < -0.3 is 10.2 Å². The first-order valence-corrected chi connectivity index (χ1v) is 9.50. The lowest BCUT2D eigenvalue weighted by Crippen LogP contribution is -2.33. The fourth-order valence-corrected chi connectivity index (χ4v) is 4.86. The second-order valence-electron chi connectivity index (χ2n) is 7.79. The van der Waals surface area contributed by atoms with Crippen LogP contribution in [0.3, 0.4) is 0 Å². The van der Waals surface area contributed by atoms with Crippen molar-refractivity contribution in [1.29, 1.82) is 0 Å². The van der Waals surface area contributed by atoms with Gasteiger partial charge in [0.15, 0.2) is 0 Å². The van der Waals surface area contributed by atoms with E-state index in [2.05, 4.69) is 57.7 Å². The fourth-order valence-electron chi connectivity index (χ4n) is 4.86. The molecule has 3 saturated heterocycles. The highest BCUT2D eigenvalue weighted by atomic mass is 15.2. The van der Waals surface area contributed by atoms with Crippen LogP contribution in [0.1, 0.15) is 41.1 Å². The van der Waals surface area contributed by atoms with Crippen molar-refractivity contribution in [2.45, 2.75) is 31.7 Å². The first-order valence-electron chi connectivity index (χ1n) is 9.50. The van der Waals surface area contributed by atoms with E-state index in [1.54, 1.807) is 0 Å². The summed E-state index contributed by atoms with van der Waals surface area (Å²) in [4.78, 5) is 7.05. The number of anilines is 1. The van der Waals surface area contributed by atoms with Crippen molar-refractivity contribution >= 4 is 17.8 Å². The number of hydrogen-bond acceptors (Lipinski definition) is 3. The highest BCUT2D eigenvalue weighted by Gasteiger charge is 2.43. The Bertz CT molecular complexity index is 801. The summed E-state index contributed by atoms with van der Waals surface area (Å²) in [5.74, 6) is 1.48. The minimum atomic E-state index is 0.623. The Labute approximate surface area is 149 Å². The highest BCUT2D eigenvalue weighted by Crippen LogP contribution is 2.46. The van der Waals surface area contributed by atoms with Crippen LogP contribution < -0.4 is 5.32 Å². The predicted molar refractivity (Wildman–Crippen MR) is 104 cm³/mol. The molecule has 0 radical (unpaired) electrons. The van der Waals surface area contributed by atoms with Crippen LogP contribution in [0.25, 0.3) is 12.2 Å². The number of aromatic nitrogens is 1. The Kier molecular flexibility index (Phi) is 3.63. The monoisotopic (exact) mass is 331 g/mol. The average Bonchev–Trinajstić information content (AvgIpc) is 2.82. The van der Waals surface area contributed by atoms with Crippen molar-refractivity contribution in [3.63, 3.8) is 0 Å². The van der Waals surface area contributed by atoms with Crippen molar-refractivity contribution in [2.24, 2.45) is 5.92 Å². The number of piperidine rings is 1. The molecule has 1 aromatic heterocycles. The molecule has 2 aromatic rings. The van der Waals surface area contributed by atoms with E-state index in [1.165, 1.54) is 49.3 Å². The molecule has 128 valence electrons. The van der Waals surface area contributed by atoms with Crippen LogP contribution in [0.4, 0.5) is 5.69 Å². The van der Waals surface area contributed by atoms with Gasteiger partial charge in [-0.3, -0.25) is 4.98 Å². The van der Waals surface area contributed by atoms with Crippen molar-refractivity contribution < 1.29 is 0 Å². The smallest absolute Gasteiger partial charge is 0.0452 e. The van der Waals surface area contributed by atoms with Gasteiger partial charge in [0.2, 0.25) is 0 Å². The summed E-state index contributed by atoms with van der Waals surface area (Å²) < 4.78 is 0. The number of para-hydroxylation sites is 1. The normalized spacial score (nSPS) is 30.0. The zero-order valence-electron chi connectivity index (χ0n) is 14.8. The molecule has 2 bridgehead atoms. The van der Waals surface area contributed by atoms with E-state index in [9.17, 15) is 0 Å². The third-order valence-electron chi connectivity index (χ3n) is 6.26. The Balaban J connectivity index is 1.47. The second-order valence-corrected chi connectivity index (χ2v) is 7.79. The van der Waals surface area contributed by atoms with Gasteiger partial charge in [0.1, 0.15) is 0 Å². The third kappa shape index (κ3) is 2.67. The van der Waals surface area contributed by atoms with Gasteiger partial charge in [0, 0.05) is 36.1 Å². The van der Waals surface area contributed by atoms with Crippen LogP contribution in [-0.4, -0.2) is 35.6 Å². The molecule has 1 aromatic carbocycles. The minimum Gasteiger partial charge on any atom is -0.381 e. The number of benzene rings is 1. The number of nitrogens with one attached hydrogen (secondary N) is 1. The van der Waals surface area contributed by atoms with Crippen molar-refractivity contribution in [3.05, 3.63) is 58.9 Å². The number of nitrogens with zero attached hydrogens (tertiary/aromatic N) is 2. The molecule has 0 unspecified atom stereocenters. The molecule has 0 saturated carbocycles. The van der Waals surface area contributed by atoms with Crippen LogP contribution in [0.5, 0.6) is 0 Å². The Morgan fingerprint density at radius 2 is 2.00 bits per heavy atom. The lowest BCUT2D eigenvalue weighted by molar-refractivity contribution is 0.220. The molecule has 4 aliphatic rings. The van der Waals surface area contributed by atoms with E-state index in [0.717, 1.165) is 17.2 Å². The standard InChI is InChI=1S/C22H25N3/c1-15-5-6-16(13-23-15)7-8-17-3-2-4-19-20-14-25-11-9-18(10-12-25)22(20)24-21(17)19/h2-8,13,18,20,22,24H,9-12,14H2,1H3/b8-7+/t20-,22-/m1/s1. The van der Waals surface area contributed by atoms with Gasteiger partial charge >= 0.3 is 0 Å². The maximum absolute atomic E-state index is 4.39. The van der Waals surface area contributed by atoms with Crippen molar-refractivity contribution in [2.75, 3.05) is 25.0 Å². The Hall–Kier alpha value is -2.13. The lowest BCUT2D eigenvalue weighted by Gasteiger charge is -2.29. The van der Waals surface area contributed by atoms with Crippen LogP contribution in [0.2, 0.25) is 0 Å². The molecule has 2 atom stereocenters. The summed E-state index contributed by atoms with van der Waals surface area (Å²) in [5.41, 5.74) is 6.40. The van der Waals surface area contributed by atoms with Gasteiger partial charge in [-0.1, -0.05) is 36.4 Å². The summed E-state index contributed by atoms with van der Waals surface area (Å²) in [6.45, 7) is 5.81. The molecule has 25 heavy (non-hydrogen) atoms. The topological polar surface area (TPSA) is 28.2 Å². The van der Waals surface area contributed by atoms with E-state index in [-0.39, 0.29) is 0 Å². The first-order chi connectivity index (χ1) is 12.3. The molecule has 1 N–H and O–H groups in total. The summed E-state index contributed by atoms with van der Waals surface area (Å²) in [5, 5.41) is 3.92. The number of pyridine rings is 1. The number of hydrogen-bond donors (Lipinski definition) is 1. The molecule has 5 heterocycles. The Morgan fingerprint density at radius 1 is 1.12 bits per heavy atom. The summed E-state index contributed by atoms with van der Waals surface area (Å²) in [6.07, 6.45) is 9.05. The number of fused-ring (bicyclic) bond motifs is 3. The molecular formula is C22H25N3. The molecule has 6 rings (SSSR count). The van der Waals surface area contributed by atoms with Gasteiger partial charge in [-0.05, 0) is 61.5 Å². The molecule has 4 aliphatic heterocycles. The van der Waals surface area contributed by atoms with Gasteiger partial charge in [-0.15, -0.1) is 0 Å². The van der Waals surface area contributed by atoms with E-state index in [1.807, 2.05) is 13.1 Å². The molecular weight excluding hydrogens is 306 g/mol. The number of aryl methyl sites for hydroxylation is 1. The van der Waals surface area contributed by atoms with Gasteiger partial charge in [0.05, 0.1) is 0 Å². The minimum absolute atomic E-state index is 0.623. The van der Waals surface area contributed by atoms with E-state index in [4.69, 9.17) is 0 Å². The SMILES string of the molecule is Cc1ccc(/C=C/c2cccc3c2N[C@@H]2C4CCN(CC4)C[C@H]32)cn1. The largest absolute Gasteiger partial charge is 0.381 e. The lowest BCUT2D eigenvalue weighted by atomic mass is 9.85. The van der Waals surface area contributed by atoms with Crippen LogP contribution in [-0.2, 0) is 0 Å². The molecule has 0 amide bonds. The Morgan fingerprint density at radius 3 is 2.80 bits per heavy atom. The quantitative estimate of drug-likeness (QED) is 0.895. The zero-order valence-corrected chi connectivity index (χ0v) is 14.8. The maximum Gasteiger partial charge on any atom is 0.0452 e. The number of rotatable bonds is 2. The van der Waals surface area contributed by atoms with Crippen molar-refractivity contribution in [1.82, 2.24) is 9.88 Å². The molecule has 3 heteroatoms. The van der Waals surface area contributed by atoms with Crippen LogP contribution >= 0.6 is 0 Å². The van der Waals surface area contributed by atoms with Crippen molar-refractivity contribution in [3.8, 4) is 0 Å². The predicted octanol–water partition coefficient (Wildman–Crippen LogP) is 4.16. The van der Waals surface area contributed by atoms with Gasteiger partial charge in [-0.2, -0.15) is 0 Å². The summed E-state index contributed by atoms with van der Waals surface area (Å²) in [7, 11) is 0. The average molecular weight is 331 g/mol. The highest BCUT2D eigenvalue weighted by molar-refractivity contribution is 5.80. The van der Waals surface area contributed by atoms with Gasteiger partial charge in [0.25, 0.3) is 0 Å². The first kappa shape index (κ1) is 15.2. The fraction of sp³-hybridized carbons (Fsp3) is 0.409. The molecule has 0 spiro atoms. The second kappa shape index (κ2) is 5.99. The third-order valence-corrected chi connectivity index (χ3v) is 6.26. The van der Waals surface area contributed by atoms with E-state index < -0.39 is 0 Å². The molecule has 3 nitrogen and oxygen atoms in total. The van der Waals surface area contributed by atoms with E-state index >= 15 is 0 Å². The van der Waals surface area contributed by atoms with Gasteiger partial charge in [-0.25, -0.2) is 0 Å².